The lowest BCUT2D eigenvalue weighted by molar-refractivity contribution is -0.111. The highest BCUT2D eigenvalue weighted by atomic mass is 32.1. The predicted molar refractivity (Wildman–Crippen MR) is 109 cm³/mol. The van der Waals surface area contributed by atoms with Gasteiger partial charge in [-0.05, 0) is 29.3 Å². The first-order valence-electron chi connectivity index (χ1n) is 8.29. The van der Waals surface area contributed by atoms with Crippen LogP contribution in [0.15, 0.2) is 84.9 Å². The van der Waals surface area contributed by atoms with Crippen molar-refractivity contribution in [2.24, 2.45) is 0 Å². The van der Waals surface area contributed by atoms with Crippen LogP contribution in [0.3, 0.4) is 0 Å². The van der Waals surface area contributed by atoms with Crippen molar-refractivity contribution in [2.75, 3.05) is 5.32 Å². The van der Waals surface area contributed by atoms with E-state index in [0.717, 1.165) is 21.3 Å². The molecule has 126 valence electrons. The molecule has 4 heteroatoms. The van der Waals surface area contributed by atoms with Crippen molar-refractivity contribution in [1.82, 2.24) is 4.98 Å². The van der Waals surface area contributed by atoms with E-state index in [1.54, 1.807) is 0 Å². The number of carbonyl (C=O) groups excluding carboxylic acids is 1. The predicted octanol–water partition coefficient (Wildman–Crippen LogP) is 5.48. The zero-order chi connectivity index (χ0) is 17.8. The topological polar surface area (TPSA) is 42.0 Å². The van der Waals surface area contributed by atoms with Crippen molar-refractivity contribution in [3.63, 3.8) is 0 Å². The maximum absolute atomic E-state index is 13.0. The maximum atomic E-state index is 13.0. The van der Waals surface area contributed by atoms with Crippen LogP contribution in [0.1, 0.15) is 11.1 Å². The molecule has 1 heterocycles. The fourth-order valence-electron chi connectivity index (χ4n) is 2.70. The molecule has 0 saturated carbocycles. The van der Waals surface area contributed by atoms with Crippen molar-refractivity contribution in [1.29, 1.82) is 0 Å². The fourth-order valence-corrected chi connectivity index (χ4v) is 3.56. The summed E-state index contributed by atoms with van der Waals surface area (Å²) in [6, 6.07) is 27.4. The zero-order valence-electron chi connectivity index (χ0n) is 13.9. The van der Waals surface area contributed by atoms with Crippen LogP contribution in [0.25, 0.3) is 21.9 Å². The van der Waals surface area contributed by atoms with Crippen molar-refractivity contribution in [3.05, 3.63) is 96.1 Å². The molecule has 26 heavy (non-hydrogen) atoms. The van der Waals surface area contributed by atoms with E-state index >= 15 is 0 Å². The monoisotopic (exact) mass is 356 g/mol. The van der Waals surface area contributed by atoms with Crippen LogP contribution in [0, 0.1) is 0 Å². The molecule has 0 saturated heterocycles. The molecule has 4 rings (SSSR count). The third-order valence-electron chi connectivity index (χ3n) is 3.95. The Morgan fingerprint density at radius 2 is 1.50 bits per heavy atom. The van der Waals surface area contributed by atoms with Crippen LogP contribution in [-0.2, 0) is 4.79 Å². The van der Waals surface area contributed by atoms with Gasteiger partial charge < -0.3 is 0 Å². The number of aromatic nitrogens is 1. The number of nitrogens with one attached hydrogen (secondary N) is 1. The van der Waals surface area contributed by atoms with E-state index in [2.05, 4.69) is 10.3 Å². The summed E-state index contributed by atoms with van der Waals surface area (Å²) in [6.07, 6.45) is 1.90. The summed E-state index contributed by atoms with van der Waals surface area (Å²) in [4.78, 5) is 17.5. The number of amides is 1. The minimum absolute atomic E-state index is 0.167. The van der Waals surface area contributed by atoms with Gasteiger partial charge in [0, 0.05) is 5.57 Å². The molecule has 0 aliphatic heterocycles. The lowest BCUT2D eigenvalue weighted by Gasteiger charge is -2.08. The van der Waals surface area contributed by atoms with E-state index in [4.69, 9.17) is 0 Å². The number of hydrogen-bond acceptors (Lipinski definition) is 3. The van der Waals surface area contributed by atoms with Gasteiger partial charge in [-0.2, -0.15) is 0 Å². The summed E-state index contributed by atoms with van der Waals surface area (Å²) in [7, 11) is 0. The highest BCUT2D eigenvalue weighted by Gasteiger charge is 2.14. The van der Waals surface area contributed by atoms with E-state index in [1.165, 1.54) is 11.3 Å². The Labute approximate surface area is 155 Å². The average Bonchev–Trinajstić information content (AvgIpc) is 3.09. The first-order chi connectivity index (χ1) is 12.8. The van der Waals surface area contributed by atoms with Gasteiger partial charge in [0.25, 0.3) is 5.91 Å². The smallest absolute Gasteiger partial charge is 0.258 e. The van der Waals surface area contributed by atoms with Gasteiger partial charge in [0.15, 0.2) is 5.13 Å². The van der Waals surface area contributed by atoms with E-state index in [-0.39, 0.29) is 5.91 Å². The van der Waals surface area contributed by atoms with Gasteiger partial charge in [-0.1, -0.05) is 84.1 Å². The Balaban J connectivity index is 1.69. The summed E-state index contributed by atoms with van der Waals surface area (Å²) >= 11 is 1.47. The summed E-state index contributed by atoms with van der Waals surface area (Å²) in [5.41, 5.74) is 3.35. The van der Waals surface area contributed by atoms with Gasteiger partial charge in [-0.25, -0.2) is 4.98 Å². The van der Waals surface area contributed by atoms with Crippen LogP contribution in [0.5, 0.6) is 0 Å². The summed E-state index contributed by atoms with van der Waals surface area (Å²) < 4.78 is 1.05. The number of anilines is 1. The largest absolute Gasteiger partial charge is 0.298 e. The standard InChI is InChI=1S/C22H16N2OS/c25-21(24-22-23-19-13-7-8-14-20(19)26-22)18(17-11-5-2-6-12-17)15-16-9-3-1-4-10-16/h1-15H,(H,23,24,25)/b18-15+. The molecule has 4 aromatic rings. The normalized spacial score (nSPS) is 11.5. The number of fused-ring (bicyclic) bond motifs is 1. The van der Waals surface area contributed by atoms with Gasteiger partial charge in [-0.3, -0.25) is 10.1 Å². The number of para-hydroxylation sites is 1. The summed E-state index contributed by atoms with van der Waals surface area (Å²) in [5.74, 6) is -0.167. The van der Waals surface area contributed by atoms with Crippen LogP contribution in [-0.4, -0.2) is 10.9 Å². The molecule has 0 aliphatic rings. The Hall–Kier alpha value is -3.24. The molecule has 0 spiro atoms. The molecule has 0 aliphatic carbocycles. The summed E-state index contributed by atoms with van der Waals surface area (Å²) in [5, 5.41) is 3.55. The molecule has 0 bridgehead atoms. The van der Waals surface area contributed by atoms with Crippen molar-refractivity contribution >= 4 is 44.2 Å². The molecular formula is C22H16N2OS. The van der Waals surface area contributed by atoms with Crippen LogP contribution >= 0.6 is 11.3 Å². The van der Waals surface area contributed by atoms with E-state index in [0.29, 0.717) is 10.7 Å². The minimum Gasteiger partial charge on any atom is -0.298 e. The number of benzene rings is 3. The molecule has 3 nitrogen and oxygen atoms in total. The first-order valence-corrected chi connectivity index (χ1v) is 9.10. The lowest BCUT2D eigenvalue weighted by atomic mass is 10.0. The SMILES string of the molecule is O=C(Nc1nc2ccccc2s1)/C(=C/c1ccccc1)c1ccccc1. The Morgan fingerprint density at radius 1 is 0.846 bits per heavy atom. The minimum atomic E-state index is -0.167. The first kappa shape index (κ1) is 16.2. The lowest BCUT2D eigenvalue weighted by Crippen LogP contribution is -2.13. The maximum Gasteiger partial charge on any atom is 0.258 e. The zero-order valence-corrected chi connectivity index (χ0v) is 14.7. The number of thiazole rings is 1. The highest BCUT2D eigenvalue weighted by molar-refractivity contribution is 7.22. The molecule has 3 aromatic carbocycles. The second kappa shape index (κ2) is 7.33. The molecule has 1 aromatic heterocycles. The molecule has 0 radical (unpaired) electrons. The summed E-state index contributed by atoms with van der Waals surface area (Å²) in [6.45, 7) is 0. The van der Waals surface area contributed by atoms with Crippen LogP contribution in [0.4, 0.5) is 5.13 Å². The van der Waals surface area contributed by atoms with Gasteiger partial charge in [0.05, 0.1) is 10.2 Å². The van der Waals surface area contributed by atoms with E-state index < -0.39 is 0 Å². The van der Waals surface area contributed by atoms with E-state index in [1.807, 2.05) is 91.0 Å². The molecule has 0 fully saturated rings. The third kappa shape index (κ3) is 3.55. The average molecular weight is 356 g/mol. The quantitative estimate of drug-likeness (QED) is 0.389. The molecule has 0 unspecified atom stereocenters. The second-order valence-electron chi connectivity index (χ2n) is 5.78. The number of nitrogens with zero attached hydrogens (tertiary/aromatic N) is 1. The molecule has 1 amide bonds. The van der Waals surface area contributed by atoms with Crippen LogP contribution in [0.2, 0.25) is 0 Å². The van der Waals surface area contributed by atoms with Crippen molar-refractivity contribution < 1.29 is 4.79 Å². The molecular weight excluding hydrogens is 340 g/mol. The highest BCUT2D eigenvalue weighted by Crippen LogP contribution is 2.27. The number of hydrogen-bond donors (Lipinski definition) is 1. The molecule has 0 atom stereocenters. The van der Waals surface area contributed by atoms with Crippen LogP contribution < -0.4 is 5.32 Å². The van der Waals surface area contributed by atoms with Crippen molar-refractivity contribution in [2.45, 2.75) is 0 Å². The van der Waals surface area contributed by atoms with Gasteiger partial charge in [-0.15, -0.1) is 0 Å². The van der Waals surface area contributed by atoms with Gasteiger partial charge in [0.2, 0.25) is 0 Å². The third-order valence-corrected chi connectivity index (χ3v) is 4.91. The van der Waals surface area contributed by atoms with Crippen molar-refractivity contribution in [3.8, 4) is 0 Å². The second-order valence-corrected chi connectivity index (χ2v) is 6.81. The van der Waals surface area contributed by atoms with Gasteiger partial charge in [0.1, 0.15) is 0 Å². The van der Waals surface area contributed by atoms with E-state index in [9.17, 15) is 4.79 Å². The molecule has 1 N–H and O–H groups in total. The van der Waals surface area contributed by atoms with Gasteiger partial charge >= 0.3 is 0 Å². The number of carbonyl (C=O) groups is 1. The fraction of sp³-hybridized carbons (Fsp3) is 0. The Bertz CT molecular complexity index is 1040. The number of rotatable bonds is 4. The Kier molecular flexibility index (Phi) is 4.58. The Morgan fingerprint density at radius 3 is 2.23 bits per heavy atom.